The lowest BCUT2D eigenvalue weighted by Gasteiger charge is -2.17. The van der Waals surface area contributed by atoms with Crippen LogP contribution in [0.25, 0.3) is 0 Å². The van der Waals surface area contributed by atoms with Crippen LogP contribution in [0.3, 0.4) is 0 Å². The fourth-order valence-electron chi connectivity index (χ4n) is 2.70. The summed E-state index contributed by atoms with van der Waals surface area (Å²) in [6.07, 6.45) is 3.48. The van der Waals surface area contributed by atoms with Gasteiger partial charge in [-0.05, 0) is 24.8 Å². The van der Waals surface area contributed by atoms with Crippen molar-refractivity contribution in [1.29, 1.82) is 0 Å². The fourth-order valence-corrected chi connectivity index (χ4v) is 2.70. The Balaban J connectivity index is 2.02. The van der Waals surface area contributed by atoms with Crippen LogP contribution < -0.4 is 5.73 Å². The minimum absolute atomic E-state index is 0.314. The Labute approximate surface area is 113 Å². The van der Waals surface area contributed by atoms with Crippen LogP contribution in [0.15, 0.2) is 30.3 Å². The standard InChI is InChI=1S/C15H20N4/c1-2-13(11-6-4-3-5-7-11)15-18-17-14(10-16)19(15)12-8-9-12/h3-7,12-13H,2,8-10,16H2,1H3. The van der Waals surface area contributed by atoms with Crippen molar-refractivity contribution >= 4 is 0 Å². The van der Waals surface area contributed by atoms with E-state index in [1.54, 1.807) is 0 Å². The minimum atomic E-state index is 0.314. The largest absolute Gasteiger partial charge is 0.324 e. The van der Waals surface area contributed by atoms with Crippen molar-refractivity contribution in [3.05, 3.63) is 47.5 Å². The van der Waals surface area contributed by atoms with Gasteiger partial charge >= 0.3 is 0 Å². The number of hydrogen-bond acceptors (Lipinski definition) is 3. The molecule has 1 aromatic carbocycles. The molecule has 100 valence electrons. The molecule has 1 saturated carbocycles. The van der Waals surface area contributed by atoms with Crippen molar-refractivity contribution in [2.24, 2.45) is 5.73 Å². The predicted octanol–water partition coefficient (Wildman–Crippen LogP) is 2.61. The second-order valence-electron chi connectivity index (χ2n) is 5.15. The second kappa shape index (κ2) is 5.13. The molecule has 1 aliphatic rings. The van der Waals surface area contributed by atoms with Crippen LogP contribution in [-0.4, -0.2) is 14.8 Å². The molecule has 1 unspecified atom stereocenters. The topological polar surface area (TPSA) is 56.7 Å². The summed E-state index contributed by atoms with van der Waals surface area (Å²) < 4.78 is 2.28. The quantitative estimate of drug-likeness (QED) is 0.894. The van der Waals surface area contributed by atoms with Crippen LogP contribution in [0.4, 0.5) is 0 Å². The summed E-state index contributed by atoms with van der Waals surface area (Å²) >= 11 is 0. The normalized spacial score (nSPS) is 16.5. The van der Waals surface area contributed by atoms with Gasteiger partial charge in [0.1, 0.15) is 11.6 Å². The van der Waals surface area contributed by atoms with Gasteiger partial charge in [-0.15, -0.1) is 10.2 Å². The van der Waals surface area contributed by atoms with Crippen LogP contribution in [0.5, 0.6) is 0 Å². The van der Waals surface area contributed by atoms with Crippen molar-refractivity contribution in [2.75, 3.05) is 0 Å². The monoisotopic (exact) mass is 256 g/mol. The van der Waals surface area contributed by atoms with E-state index in [9.17, 15) is 0 Å². The van der Waals surface area contributed by atoms with E-state index in [1.165, 1.54) is 18.4 Å². The minimum Gasteiger partial charge on any atom is -0.324 e. The van der Waals surface area contributed by atoms with Gasteiger partial charge in [0, 0.05) is 12.0 Å². The summed E-state index contributed by atoms with van der Waals surface area (Å²) in [5.41, 5.74) is 7.09. The molecular weight excluding hydrogens is 236 g/mol. The third kappa shape index (κ3) is 2.28. The lowest BCUT2D eigenvalue weighted by atomic mass is 9.95. The van der Waals surface area contributed by atoms with Gasteiger partial charge in [-0.2, -0.15) is 0 Å². The molecule has 0 spiro atoms. The molecule has 0 bridgehead atoms. The first-order valence-electron chi connectivity index (χ1n) is 7.03. The van der Waals surface area contributed by atoms with Crippen LogP contribution in [0.2, 0.25) is 0 Å². The summed E-state index contributed by atoms with van der Waals surface area (Å²) in [5.74, 6) is 2.32. The van der Waals surface area contributed by atoms with E-state index in [0.29, 0.717) is 18.5 Å². The van der Waals surface area contributed by atoms with E-state index in [0.717, 1.165) is 18.1 Å². The highest BCUT2D eigenvalue weighted by Crippen LogP contribution is 2.39. The first-order chi connectivity index (χ1) is 9.35. The number of nitrogens with two attached hydrogens (primary N) is 1. The van der Waals surface area contributed by atoms with Crippen LogP contribution >= 0.6 is 0 Å². The molecule has 1 heterocycles. The summed E-state index contributed by atoms with van der Waals surface area (Å²) in [6.45, 7) is 2.67. The maximum Gasteiger partial charge on any atom is 0.147 e. The van der Waals surface area contributed by atoms with E-state index < -0.39 is 0 Å². The molecule has 1 atom stereocenters. The third-order valence-corrected chi connectivity index (χ3v) is 3.81. The lowest BCUT2D eigenvalue weighted by Crippen LogP contribution is -2.13. The summed E-state index contributed by atoms with van der Waals surface area (Å²) in [6, 6.07) is 11.1. The number of rotatable bonds is 5. The highest BCUT2D eigenvalue weighted by Gasteiger charge is 2.31. The third-order valence-electron chi connectivity index (χ3n) is 3.81. The van der Waals surface area contributed by atoms with Gasteiger partial charge in [0.05, 0.1) is 6.54 Å². The number of aromatic nitrogens is 3. The molecule has 3 rings (SSSR count). The second-order valence-corrected chi connectivity index (χ2v) is 5.15. The molecule has 0 aliphatic heterocycles. The Bertz CT molecular complexity index is 543. The van der Waals surface area contributed by atoms with Crippen molar-refractivity contribution in [3.8, 4) is 0 Å². The molecule has 1 aromatic heterocycles. The Hall–Kier alpha value is -1.68. The van der Waals surface area contributed by atoms with Crippen molar-refractivity contribution in [1.82, 2.24) is 14.8 Å². The summed E-state index contributed by atoms with van der Waals surface area (Å²) in [4.78, 5) is 0. The zero-order valence-corrected chi connectivity index (χ0v) is 11.3. The van der Waals surface area contributed by atoms with Crippen LogP contribution in [-0.2, 0) is 6.54 Å². The number of nitrogens with zero attached hydrogens (tertiary/aromatic N) is 3. The molecule has 4 nitrogen and oxygen atoms in total. The molecule has 1 aliphatic carbocycles. The molecule has 2 aromatic rings. The number of benzene rings is 1. The van der Waals surface area contributed by atoms with E-state index in [2.05, 4.69) is 46.0 Å². The maximum absolute atomic E-state index is 5.79. The Morgan fingerprint density at radius 2 is 2.00 bits per heavy atom. The lowest BCUT2D eigenvalue weighted by molar-refractivity contribution is 0.600. The van der Waals surface area contributed by atoms with Crippen molar-refractivity contribution in [3.63, 3.8) is 0 Å². The average Bonchev–Trinajstić information content (AvgIpc) is 3.21. The summed E-state index contributed by atoms with van der Waals surface area (Å²) in [7, 11) is 0. The van der Waals surface area contributed by atoms with Crippen LogP contribution in [0.1, 0.15) is 55.4 Å². The van der Waals surface area contributed by atoms with Gasteiger partial charge in [0.15, 0.2) is 0 Å². The molecule has 4 heteroatoms. The summed E-state index contributed by atoms with van der Waals surface area (Å²) in [5, 5.41) is 8.71. The van der Waals surface area contributed by atoms with Crippen LogP contribution in [0, 0.1) is 0 Å². The number of hydrogen-bond donors (Lipinski definition) is 1. The first-order valence-corrected chi connectivity index (χ1v) is 7.03. The van der Waals surface area contributed by atoms with Gasteiger partial charge in [-0.3, -0.25) is 0 Å². The van der Waals surface area contributed by atoms with Gasteiger partial charge in [-0.1, -0.05) is 37.3 Å². The zero-order chi connectivity index (χ0) is 13.2. The van der Waals surface area contributed by atoms with Crippen molar-refractivity contribution in [2.45, 2.75) is 44.7 Å². The van der Waals surface area contributed by atoms with E-state index in [-0.39, 0.29) is 0 Å². The zero-order valence-electron chi connectivity index (χ0n) is 11.3. The first kappa shape index (κ1) is 12.4. The van der Waals surface area contributed by atoms with E-state index >= 15 is 0 Å². The molecule has 2 N–H and O–H groups in total. The van der Waals surface area contributed by atoms with Gasteiger partial charge in [0.2, 0.25) is 0 Å². The molecule has 1 fully saturated rings. The Morgan fingerprint density at radius 1 is 1.26 bits per heavy atom. The van der Waals surface area contributed by atoms with Gasteiger partial charge in [0.25, 0.3) is 0 Å². The fraction of sp³-hybridized carbons (Fsp3) is 0.467. The van der Waals surface area contributed by atoms with Gasteiger partial charge in [-0.25, -0.2) is 0 Å². The molecular formula is C15H20N4. The average molecular weight is 256 g/mol. The highest BCUT2D eigenvalue weighted by molar-refractivity contribution is 5.26. The Kier molecular flexibility index (Phi) is 3.34. The smallest absolute Gasteiger partial charge is 0.147 e. The molecule has 0 radical (unpaired) electrons. The Morgan fingerprint density at radius 3 is 2.58 bits per heavy atom. The molecule has 19 heavy (non-hydrogen) atoms. The highest BCUT2D eigenvalue weighted by atomic mass is 15.3. The predicted molar refractivity (Wildman–Crippen MR) is 74.8 cm³/mol. The van der Waals surface area contributed by atoms with E-state index in [1.807, 2.05) is 6.07 Å². The maximum atomic E-state index is 5.79. The van der Waals surface area contributed by atoms with Crippen molar-refractivity contribution < 1.29 is 0 Å². The van der Waals surface area contributed by atoms with Gasteiger partial charge < -0.3 is 10.3 Å². The SMILES string of the molecule is CCC(c1ccccc1)c1nnc(CN)n1C1CC1. The van der Waals surface area contributed by atoms with E-state index in [4.69, 9.17) is 5.73 Å². The molecule has 0 amide bonds. The molecule has 0 saturated heterocycles.